The summed E-state index contributed by atoms with van der Waals surface area (Å²) in [5, 5.41) is 6.51. The second kappa shape index (κ2) is 7.26. The van der Waals surface area contributed by atoms with Crippen molar-refractivity contribution in [2.45, 2.75) is 6.92 Å². The highest BCUT2D eigenvalue weighted by molar-refractivity contribution is 5.66. The molecule has 5 heteroatoms. The van der Waals surface area contributed by atoms with Crippen LogP contribution in [0.15, 0.2) is 67.0 Å². The molecule has 0 atom stereocenters. The van der Waals surface area contributed by atoms with E-state index in [0.717, 1.165) is 22.9 Å². The smallest absolute Gasteiger partial charge is 0.142 e. The third-order valence-electron chi connectivity index (χ3n) is 3.16. The molecule has 2 N–H and O–H groups in total. The van der Waals surface area contributed by atoms with Crippen molar-refractivity contribution in [3.05, 3.63) is 67.0 Å². The molecule has 116 valence electrons. The van der Waals surface area contributed by atoms with Gasteiger partial charge in [0.2, 0.25) is 0 Å². The van der Waals surface area contributed by atoms with Crippen molar-refractivity contribution in [1.29, 1.82) is 0 Å². The predicted molar refractivity (Wildman–Crippen MR) is 92.7 cm³/mol. The van der Waals surface area contributed by atoms with Crippen LogP contribution in [0, 0.1) is 0 Å². The van der Waals surface area contributed by atoms with Gasteiger partial charge >= 0.3 is 0 Å². The Labute approximate surface area is 135 Å². The Morgan fingerprint density at radius 3 is 2.35 bits per heavy atom. The van der Waals surface area contributed by atoms with Gasteiger partial charge in [-0.25, -0.2) is 9.97 Å². The fourth-order valence-electron chi connectivity index (χ4n) is 2.15. The molecule has 0 bridgehead atoms. The maximum absolute atomic E-state index is 5.61. The third-order valence-corrected chi connectivity index (χ3v) is 3.16. The summed E-state index contributed by atoms with van der Waals surface area (Å²) < 4.78 is 5.61. The van der Waals surface area contributed by atoms with E-state index >= 15 is 0 Å². The van der Waals surface area contributed by atoms with E-state index < -0.39 is 0 Å². The normalized spacial score (nSPS) is 10.1. The number of ether oxygens (including phenoxy) is 1. The molecule has 0 unspecified atom stereocenters. The first-order valence-corrected chi connectivity index (χ1v) is 7.48. The molecule has 1 aromatic heterocycles. The minimum absolute atomic E-state index is 0.614. The van der Waals surface area contributed by atoms with E-state index in [1.807, 2.05) is 67.6 Å². The van der Waals surface area contributed by atoms with Crippen molar-refractivity contribution < 1.29 is 4.74 Å². The summed E-state index contributed by atoms with van der Waals surface area (Å²) in [6.45, 7) is 2.58. The molecule has 0 radical (unpaired) electrons. The average Bonchev–Trinajstić information content (AvgIpc) is 2.58. The van der Waals surface area contributed by atoms with Crippen LogP contribution in [0.4, 0.5) is 23.0 Å². The molecule has 23 heavy (non-hydrogen) atoms. The van der Waals surface area contributed by atoms with Crippen molar-refractivity contribution in [3.8, 4) is 5.75 Å². The average molecular weight is 306 g/mol. The number of hydrogen-bond acceptors (Lipinski definition) is 5. The standard InChI is InChI=1S/C18H18N4O/c1-2-23-16-11-7-6-10-15(16)22-18-12-17(19-13-20-18)21-14-8-4-3-5-9-14/h3-13H,2H2,1H3,(H2,19,20,21,22). The molecule has 0 amide bonds. The highest BCUT2D eigenvalue weighted by Crippen LogP contribution is 2.27. The van der Waals surface area contributed by atoms with Crippen LogP contribution in [-0.4, -0.2) is 16.6 Å². The number of para-hydroxylation sites is 3. The van der Waals surface area contributed by atoms with Gasteiger partial charge < -0.3 is 15.4 Å². The van der Waals surface area contributed by atoms with E-state index in [1.54, 1.807) is 0 Å². The maximum atomic E-state index is 5.61. The molecule has 1 heterocycles. The van der Waals surface area contributed by atoms with Crippen molar-refractivity contribution in [2.24, 2.45) is 0 Å². The van der Waals surface area contributed by atoms with Crippen LogP contribution >= 0.6 is 0 Å². The van der Waals surface area contributed by atoms with Crippen LogP contribution < -0.4 is 15.4 Å². The summed E-state index contributed by atoms with van der Waals surface area (Å²) in [4.78, 5) is 8.50. The Bertz CT molecular complexity index is 762. The summed E-state index contributed by atoms with van der Waals surface area (Å²) in [6.07, 6.45) is 1.52. The van der Waals surface area contributed by atoms with Crippen LogP contribution in [0.2, 0.25) is 0 Å². The molecule has 5 nitrogen and oxygen atoms in total. The van der Waals surface area contributed by atoms with Crippen molar-refractivity contribution in [3.63, 3.8) is 0 Å². The summed E-state index contributed by atoms with van der Waals surface area (Å²) in [5.41, 5.74) is 1.85. The molecule has 0 fully saturated rings. The molecule has 3 aromatic rings. The predicted octanol–water partition coefficient (Wildman–Crippen LogP) is 4.36. The molecular formula is C18H18N4O. The Morgan fingerprint density at radius 1 is 0.870 bits per heavy atom. The largest absolute Gasteiger partial charge is 0.492 e. The molecule has 0 saturated carbocycles. The van der Waals surface area contributed by atoms with Crippen LogP contribution in [0.1, 0.15) is 6.92 Å². The number of rotatable bonds is 6. The summed E-state index contributed by atoms with van der Waals surface area (Å²) in [6, 6.07) is 19.5. The molecule has 3 rings (SSSR count). The van der Waals surface area contributed by atoms with Crippen molar-refractivity contribution >= 4 is 23.0 Å². The van der Waals surface area contributed by atoms with Gasteiger partial charge in [-0.3, -0.25) is 0 Å². The lowest BCUT2D eigenvalue weighted by atomic mass is 10.3. The van der Waals surface area contributed by atoms with Crippen LogP contribution in [-0.2, 0) is 0 Å². The Hall–Kier alpha value is -3.08. The van der Waals surface area contributed by atoms with Gasteiger partial charge in [0.1, 0.15) is 23.7 Å². The minimum Gasteiger partial charge on any atom is -0.492 e. The van der Waals surface area contributed by atoms with Gasteiger partial charge in [-0.05, 0) is 31.2 Å². The number of nitrogens with zero attached hydrogens (tertiary/aromatic N) is 2. The monoisotopic (exact) mass is 306 g/mol. The van der Waals surface area contributed by atoms with E-state index in [0.29, 0.717) is 12.4 Å². The highest BCUT2D eigenvalue weighted by atomic mass is 16.5. The first kappa shape index (κ1) is 14.8. The Balaban J connectivity index is 1.78. The van der Waals surface area contributed by atoms with Crippen molar-refractivity contribution in [1.82, 2.24) is 9.97 Å². The van der Waals surface area contributed by atoms with Gasteiger partial charge in [0.05, 0.1) is 12.3 Å². The SMILES string of the molecule is CCOc1ccccc1Nc1cc(Nc2ccccc2)ncn1. The summed E-state index contributed by atoms with van der Waals surface area (Å²) >= 11 is 0. The molecule has 2 aromatic carbocycles. The fraction of sp³-hybridized carbons (Fsp3) is 0.111. The third kappa shape index (κ3) is 3.97. The zero-order valence-electron chi connectivity index (χ0n) is 12.9. The molecular weight excluding hydrogens is 288 g/mol. The van der Waals surface area contributed by atoms with E-state index in [2.05, 4.69) is 20.6 Å². The van der Waals surface area contributed by atoms with Crippen LogP contribution in [0.25, 0.3) is 0 Å². The van der Waals surface area contributed by atoms with E-state index in [1.165, 1.54) is 6.33 Å². The zero-order valence-corrected chi connectivity index (χ0v) is 12.9. The van der Waals surface area contributed by atoms with E-state index in [9.17, 15) is 0 Å². The molecule has 0 saturated heterocycles. The second-order valence-corrected chi connectivity index (χ2v) is 4.83. The number of nitrogens with one attached hydrogen (secondary N) is 2. The minimum atomic E-state index is 0.614. The molecule has 0 aliphatic heterocycles. The Morgan fingerprint density at radius 2 is 1.57 bits per heavy atom. The number of aromatic nitrogens is 2. The Kier molecular flexibility index (Phi) is 4.69. The first-order chi connectivity index (χ1) is 11.3. The van der Waals surface area contributed by atoms with Crippen molar-refractivity contribution in [2.75, 3.05) is 17.2 Å². The first-order valence-electron chi connectivity index (χ1n) is 7.48. The molecule has 0 aliphatic carbocycles. The summed E-state index contributed by atoms with van der Waals surface area (Å²) in [7, 11) is 0. The lowest BCUT2D eigenvalue weighted by molar-refractivity contribution is 0.342. The van der Waals surface area contributed by atoms with E-state index in [4.69, 9.17) is 4.74 Å². The lowest BCUT2D eigenvalue weighted by Gasteiger charge is -2.12. The lowest BCUT2D eigenvalue weighted by Crippen LogP contribution is -2.00. The highest BCUT2D eigenvalue weighted by Gasteiger charge is 2.05. The summed E-state index contributed by atoms with van der Waals surface area (Å²) in [5.74, 6) is 2.22. The molecule has 0 spiro atoms. The molecule has 0 aliphatic rings. The topological polar surface area (TPSA) is 59.1 Å². The number of hydrogen-bond donors (Lipinski definition) is 2. The van der Waals surface area contributed by atoms with Gasteiger partial charge in [-0.15, -0.1) is 0 Å². The zero-order chi connectivity index (χ0) is 15.9. The number of benzene rings is 2. The van der Waals surface area contributed by atoms with Gasteiger partial charge in [0.15, 0.2) is 0 Å². The number of anilines is 4. The van der Waals surface area contributed by atoms with E-state index in [-0.39, 0.29) is 0 Å². The van der Waals surface area contributed by atoms with Crippen LogP contribution in [0.5, 0.6) is 5.75 Å². The van der Waals surface area contributed by atoms with Crippen LogP contribution in [0.3, 0.4) is 0 Å². The second-order valence-electron chi connectivity index (χ2n) is 4.83. The van der Waals surface area contributed by atoms with Gasteiger partial charge in [0.25, 0.3) is 0 Å². The van der Waals surface area contributed by atoms with Gasteiger partial charge in [-0.1, -0.05) is 30.3 Å². The quantitative estimate of drug-likeness (QED) is 0.708. The maximum Gasteiger partial charge on any atom is 0.142 e. The van der Waals surface area contributed by atoms with Gasteiger partial charge in [0, 0.05) is 11.8 Å². The fourth-order valence-corrected chi connectivity index (χ4v) is 2.15. The van der Waals surface area contributed by atoms with Gasteiger partial charge in [-0.2, -0.15) is 0 Å².